The molecule has 1 heterocycles. The van der Waals surface area contributed by atoms with Crippen LogP contribution in [0.3, 0.4) is 0 Å². The molecule has 0 radical (unpaired) electrons. The van der Waals surface area contributed by atoms with Gasteiger partial charge in [0.2, 0.25) is 5.91 Å². The van der Waals surface area contributed by atoms with E-state index in [1.165, 1.54) is 6.42 Å². The second-order valence-corrected chi connectivity index (χ2v) is 4.82. The van der Waals surface area contributed by atoms with Gasteiger partial charge in [-0.05, 0) is 19.8 Å². The van der Waals surface area contributed by atoms with Gasteiger partial charge in [0.05, 0.1) is 0 Å². The number of aromatic nitrogens is 2. The van der Waals surface area contributed by atoms with Crippen LogP contribution >= 0.6 is 0 Å². The SMILES string of the molecule is COCc1ncc(C)n1CCNC(=O)C1CCC1. The van der Waals surface area contributed by atoms with Crippen LogP contribution in [-0.4, -0.2) is 29.1 Å². The number of nitrogens with zero attached hydrogens (tertiary/aromatic N) is 2. The van der Waals surface area contributed by atoms with Crippen molar-refractivity contribution >= 4 is 5.91 Å². The summed E-state index contributed by atoms with van der Waals surface area (Å²) >= 11 is 0. The maximum atomic E-state index is 11.7. The number of aryl methyl sites for hydroxylation is 1. The second kappa shape index (κ2) is 6.00. The van der Waals surface area contributed by atoms with Gasteiger partial charge in [-0.15, -0.1) is 0 Å². The van der Waals surface area contributed by atoms with Crippen LogP contribution in [0.2, 0.25) is 0 Å². The number of carbonyl (C=O) groups excluding carboxylic acids is 1. The van der Waals surface area contributed by atoms with Crippen LogP contribution in [0.4, 0.5) is 0 Å². The largest absolute Gasteiger partial charge is 0.377 e. The minimum absolute atomic E-state index is 0.201. The van der Waals surface area contributed by atoms with Crippen LogP contribution < -0.4 is 5.32 Å². The predicted octanol–water partition coefficient (Wildman–Crippen LogP) is 1.25. The molecular weight excluding hydrogens is 230 g/mol. The Bertz CT molecular complexity index is 410. The van der Waals surface area contributed by atoms with Gasteiger partial charge < -0.3 is 14.6 Å². The van der Waals surface area contributed by atoms with Crippen molar-refractivity contribution in [2.24, 2.45) is 5.92 Å². The highest BCUT2D eigenvalue weighted by molar-refractivity contribution is 5.79. The number of rotatable bonds is 6. The zero-order valence-electron chi connectivity index (χ0n) is 11.1. The number of imidazole rings is 1. The monoisotopic (exact) mass is 251 g/mol. The van der Waals surface area contributed by atoms with E-state index < -0.39 is 0 Å². The van der Waals surface area contributed by atoms with E-state index in [2.05, 4.69) is 14.9 Å². The van der Waals surface area contributed by atoms with E-state index in [-0.39, 0.29) is 11.8 Å². The molecule has 1 fully saturated rings. The minimum Gasteiger partial charge on any atom is -0.377 e. The smallest absolute Gasteiger partial charge is 0.223 e. The van der Waals surface area contributed by atoms with Crippen LogP contribution in [-0.2, 0) is 22.7 Å². The highest BCUT2D eigenvalue weighted by atomic mass is 16.5. The van der Waals surface area contributed by atoms with Crippen molar-refractivity contribution in [2.75, 3.05) is 13.7 Å². The summed E-state index contributed by atoms with van der Waals surface area (Å²) < 4.78 is 7.19. The average Bonchev–Trinajstić information content (AvgIpc) is 2.59. The molecule has 0 unspecified atom stereocenters. The summed E-state index contributed by atoms with van der Waals surface area (Å²) in [5.41, 5.74) is 1.10. The molecule has 1 amide bonds. The van der Waals surface area contributed by atoms with Crippen LogP contribution in [0.15, 0.2) is 6.20 Å². The Labute approximate surface area is 108 Å². The number of methoxy groups -OCH3 is 1. The fourth-order valence-corrected chi connectivity index (χ4v) is 2.17. The molecule has 100 valence electrons. The zero-order chi connectivity index (χ0) is 13.0. The highest BCUT2D eigenvalue weighted by Crippen LogP contribution is 2.26. The van der Waals surface area contributed by atoms with E-state index in [4.69, 9.17) is 4.74 Å². The van der Waals surface area contributed by atoms with Gasteiger partial charge in [-0.3, -0.25) is 4.79 Å². The van der Waals surface area contributed by atoms with Gasteiger partial charge in [-0.25, -0.2) is 4.98 Å². The first kappa shape index (κ1) is 13.1. The van der Waals surface area contributed by atoms with E-state index >= 15 is 0 Å². The molecule has 1 aliphatic carbocycles. The minimum atomic E-state index is 0.201. The van der Waals surface area contributed by atoms with Crippen LogP contribution in [0.1, 0.15) is 30.8 Å². The van der Waals surface area contributed by atoms with E-state index in [0.29, 0.717) is 13.2 Å². The summed E-state index contributed by atoms with van der Waals surface area (Å²) in [7, 11) is 1.66. The number of ether oxygens (including phenoxy) is 1. The van der Waals surface area contributed by atoms with Crippen molar-refractivity contribution in [3.63, 3.8) is 0 Å². The summed E-state index contributed by atoms with van der Waals surface area (Å²) in [5.74, 6) is 1.37. The van der Waals surface area contributed by atoms with Crippen LogP contribution in [0.25, 0.3) is 0 Å². The molecule has 0 saturated heterocycles. The summed E-state index contributed by atoms with van der Waals surface area (Å²) in [5, 5.41) is 2.99. The Balaban J connectivity index is 1.81. The molecule has 0 aromatic carbocycles. The van der Waals surface area contributed by atoms with Gasteiger partial charge in [0.1, 0.15) is 12.4 Å². The van der Waals surface area contributed by atoms with Crippen LogP contribution in [0.5, 0.6) is 0 Å². The van der Waals surface area contributed by atoms with Crippen molar-refractivity contribution in [3.8, 4) is 0 Å². The predicted molar refractivity (Wildman–Crippen MR) is 68.0 cm³/mol. The van der Waals surface area contributed by atoms with Crippen molar-refractivity contribution in [1.29, 1.82) is 0 Å². The lowest BCUT2D eigenvalue weighted by Gasteiger charge is -2.24. The van der Waals surface area contributed by atoms with Gasteiger partial charge in [-0.2, -0.15) is 0 Å². The molecule has 5 heteroatoms. The van der Waals surface area contributed by atoms with Gasteiger partial charge in [0, 0.05) is 38.0 Å². The Morgan fingerprint density at radius 2 is 2.39 bits per heavy atom. The normalized spacial score (nSPS) is 15.4. The fourth-order valence-electron chi connectivity index (χ4n) is 2.17. The molecular formula is C13H21N3O2. The molecule has 1 N–H and O–H groups in total. The number of hydrogen-bond acceptors (Lipinski definition) is 3. The molecule has 1 aromatic rings. The summed E-state index contributed by atoms with van der Waals surface area (Å²) in [4.78, 5) is 16.0. The first-order valence-corrected chi connectivity index (χ1v) is 6.50. The molecule has 1 aliphatic rings. The van der Waals surface area contributed by atoms with E-state index in [1.54, 1.807) is 7.11 Å². The number of hydrogen-bond donors (Lipinski definition) is 1. The Morgan fingerprint density at radius 1 is 1.61 bits per heavy atom. The van der Waals surface area contributed by atoms with Gasteiger partial charge >= 0.3 is 0 Å². The molecule has 18 heavy (non-hydrogen) atoms. The average molecular weight is 251 g/mol. The number of amides is 1. The van der Waals surface area contributed by atoms with E-state index in [0.717, 1.165) is 30.9 Å². The number of carbonyl (C=O) groups is 1. The van der Waals surface area contributed by atoms with E-state index in [9.17, 15) is 4.79 Å². The molecule has 0 aliphatic heterocycles. The first-order valence-electron chi connectivity index (χ1n) is 6.50. The molecule has 1 saturated carbocycles. The third-order valence-corrected chi connectivity index (χ3v) is 3.52. The van der Waals surface area contributed by atoms with Gasteiger partial charge in [-0.1, -0.05) is 6.42 Å². The summed E-state index contributed by atoms with van der Waals surface area (Å²) in [6.45, 7) is 3.93. The lowest BCUT2D eigenvalue weighted by Crippen LogP contribution is -2.36. The van der Waals surface area contributed by atoms with Crippen LogP contribution in [0, 0.1) is 12.8 Å². The third kappa shape index (κ3) is 2.90. The first-order chi connectivity index (χ1) is 8.72. The quantitative estimate of drug-likeness (QED) is 0.828. The topological polar surface area (TPSA) is 56.1 Å². The summed E-state index contributed by atoms with van der Waals surface area (Å²) in [6.07, 6.45) is 5.12. The Morgan fingerprint density at radius 3 is 3.00 bits per heavy atom. The van der Waals surface area contributed by atoms with Crippen molar-refractivity contribution in [2.45, 2.75) is 39.3 Å². The second-order valence-electron chi connectivity index (χ2n) is 4.82. The summed E-state index contributed by atoms with van der Waals surface area (Å²) in [6, 6.07) is 0. The van der Waals surface area contributed by atoms with Gasteiger partial charge in [0.15, 0.2) is 0 Å². The molecule has 5 nitrogen and oxygen atoms in total. The molecule has 0 bridgehead atoms. The molecule has 0 spiro atoms. The number of nitrogens with one attached hydrogen (secondary N) is 1. The van der Waals surface area contributed by atoms with Crippen molar-refractivity contribution in [1.82, 2.24) is 14.9 Å². The standard InChI is InChI=1S/C13H21N3O2/c1-10-8-15-12(9-18-2)16(10)7-6-14-13(17)11-4-3-5-11/h8,11H,3-7,9H2,1-2H3,(H,14,17). The Kier molecular flexibility index (Phi) is 4.36. The third-order valence-electron chi connectivity index (χ3n) is 3.52. The highest BCUT2D eigenvalue weighted by Gasteiger charge is 2.24. The molecule has 0 atom stereocenters. The molecule has 1 aromatic heterocycles. The maximum absolute atomic E-state index is 11.7. The van der Waals surface area contributed by atoms with E-state index in [1.807, 2.05) is 13.1 Å². The Hall–Kier alpha value is -1.36. The van der Waals surface area contributed by atoms with Crippen molar-refractivity contribution < 1.29 is 9.53 Å². The lowest BCUT2D eigenvalue weighted by molar-refractivity contribution is -0.127. The lowest BCUT2D eigenvalue weighted by atomic mass is 9.85. The van der Waals surface area contributed by atoms with Crippen molar-refractivity contribution in [3.05, 3.63) is 17.7 Å². The fraction of sp³-hybridized carbons (Fsp3) is 0.692. The zero-order valence-corrected chi connectivity index (χ0v) is 11.1. The molecule has 2 rings (SSSR count). The van der Waals surface area contributed by atoms with Gasteiger partial charge in [0.25, 0.3) is 0 Å². The maximum Gasteiger partial charge on any atom is 0.223 e.